The molecule has 0 heterocycles. The average Bonchev–Trinajstić information content (AvgIpc) is 3.39. The molecule has 0 radical (unpaired) electrons. The maximum absolute atomic E-state index is 13.2. The Balaban J connectivity index is 0.000000916. The van der Waals surface area contributed by atoms with E-state index in [2.05, 4.69) is 151 Å². The summed E-state index contributed by atoms with van der Waals surface area (Å²) < 4.78 is 61.2. The lowest BCUT2D eigenvalue weighted by atomic mass is 9.62. The molecule has 0 amide bonds. The van der Waals surface area contributed by atoms with Crippen LogP contribution in [0.15, 0.2) is 30.3 Å². The number of alkyl halides is 5. The van der Waals surface area contributed by atoms with E-state index in [1.54, 1.807) is 46.5 Å². The lowest BCUT2D eigenvalue weighted by molar-refractivity contribution is -0.171. The van der Waals surface area contributed by atoms with Crippen molar-refractivity contribution in [3.8, 4) is 0 Å². The van der Waals surface area contributed by atoms with Gasteiger partial charge < -0.3 is 0 Å². The fraction of sp³-hybridized carbons (Fsp3) is 0.923. The Bertz CT molecular complexity index is 1630. The number of rotatable bonds is 4. The van der Waals surface area contributed by atoms with Gasteiger partial charge in [-0.25, -0.2) is 8.78 Å². The summed E-state index contributed by atoms with van der Waals surface area (Å²) in [7, 11) is 0. The van der Waals surface area contributed by atoms with Gasteiger partial charge in [0.2, 0.25) is 0 Å². The van der Waals surface area contributed by atoms with Crippen LogP contribution in [-0.2, 0) is 0 Å². The molecule has 8 rings (SSSR count). The van der Waals surface area contributed by atoms with E-state index in [1.807, 2.05) is 18.2 Å². The fourth-order valence-electron chi connectivity index (χ4n) is 13.9. The molecule has 5 heteroatoms. The maximum Gasteiger partial charge on any atom is 0.391 e. The number of aryl methyl sites for hydroxylation is 1. The number of benzene rings is 1. The molecule has 7 aliphatic carbocycles. The van der Waals surface area contributed by atoms with Crippen molar-refractivity contribution in [3.63, 3.8) is 0 Å². The highest BCUT2D eigenvalue weighted by atomic mass is 19.4. The van der Waals surface area contributed by atoms with Gasteiger partial charge in [0.1, 0.15) is 11.3 Å². The minimum Gasteiger partial charge on any atom is -0.244 e. The molecule has 494 valence electrons. The third-order valence-corrected chi connectivity index (χ3v) is 21.3. The predicted molar refractivity (Wildman–Crippen MR) is 361 cm³/mol. The molecule has 7 fully saturated rings. The molecule has 0 bridgehead atoms. The van der Waals surface area contributed by atoms with Crippen molar-refractivity contribution >= 4 is 0 Å². The quantitative estimate of drug-likeness (QED) is 0.264. The van der Waals surface area contributed by atoms with Gasteiger partial charge in [-0.2, -0.15) is 13.2 Å². The summed E-state index contributed by atoms with van der Waals surface area (Å²) in [6.07, 6.45) is 37.7. The van der Waals surface area contributed by atoms with Crippen LogP contribution in [0.5, 0.6) is 0 Å². The number of hydrogen-bond acceptors (Lipinski definition) is 0. The van der Waals surface area contributed by atoms with Crippen LogP contribution in [0.25, 0.3) is 0 Å². The van der Waals surface area contributed by atoms with Gasteiger partial charge >= 0.3 is 6.18 Å². The second kappa shape index (κ2) is 37.1. The first-order valence-corrected chi connectivity index (χ1v) is 35.2. The number of halogens is 5. The minimum absolute atomic E-state index is 0.240. The van der Waals surface area contributed by atoms with E-state index < -0.39 is 23.4 Å². The van der Waals surface area contributed by atoms with Crippen LogP contribution in [0.3, 0.4) is 0 Å². The predicted octanol–water partition coefficient (Wildman–Crippen LogP) is 28.6. The molecule has 1 aromatic carbocycles. The van der Waals surface area contributed by atoms with Crippen molar-refractivity contribution in [2.45, 2.75) is 396 Å². The normalized spacial score (nSPS) is 26.7. The summed E-state index contributed by atoms with van der Waals surface area (Å²) in [6, 6.07) is 10.3. The SMILES string of the molecule is CC1(C)CCC(C)(C)CC1.CC1(C)CCC(C)(F)CC1.CC1(C)CCCCC1.CC1CC(C)(C)CC(C)(C)C1.CC1CCC(C)(F)CC1.CC1CCC2(CCCCC2)CC1.CCC(C)(C)CC.CCCC(C)C(F)(F)F.Cc1ccccc1. The fourth-order valence-corrected chi connectivity index (χ4v) is 13.9. The van der Waals surface area contributed by atoms with Crippen LogP contribution < -0.4 is 0 Å². The summed E-state index contributed by atoms with van der Waals surface area (Å²) in [5.41, 5.74) is 4.55. The van der Waals surface area contributed by atoms with Crippen molar-refractivity contribution in [3.05, 3.63) is 35.9 Å². The van der Waals surface area contributed by atoms with Crippen LogP contribution in [0, 0.1) is 73.9 Å². The third kappa shape index (κ3) is 41.7. The van der Waals surface area contributed by atoms with Crippen LogP contribution in [0.1, 0.15) is 377 Å². The van der Waals surface area contributed by atoms with Gasteiger partial charge in [-0.1, -0.05) is 252 Å². The summed E-state index contributed by atoms with van der Waals surface area (Å²) in [4.78, 5) is 0. The Morgan fingerprint density at radius 2 is 0.759 bits per heavy atom. The van der Waals surface area contributed by atoms with E-state index in [0.29, 0.717) is 44.3 Å². The van der Waals surface area contributed by atoms with E-state index in [4.69, 9.17) is 0 Å². The van der Waals surface area contributed by atoms with E-state index in [9.17, 15) is 22.0 Å². The van der Waals surface area contributed by atoms with Gasteiger partial charge in [0.25, 0.3) is 0 Å². The molecule has 0 aromatic heterocycles. The highest BCUT2D eigenvalue weighted by Crippen LogP contribution is 2.50. The monoisotopic (exact) mass is 1180 g/mol. The van der Waals surface area contributed by atoms with Crippen molar-refractivity contribution in [1.29, 1.82) is 0 Å². The Morgan fingerprint density at radius 1 is 0.434 bits per heavy atom. The zero-order chi connectivity index (χ0) is 64.3. The molecule has 7 aliphatic rings. The molecule has 0 N–H and O–H groups in total. The van der Waals surface area contributed by atoms with Gasteiger partial charge in [0.05, 0.1) is 5.92 Å². The first kappa shape index (κ1) is 81.9. The van der Waals surface area contributed by atoms with Crippen LogP contribution in [-0.4, -0.2) is 17.5 Å². The van der Waals surface area contributed by atoms with E-state index >= 15 is 0 Å². The molecule has 1 spiro atoms. The summed E-state index contributed by atoms with van der Waals surface area (Å²) in [6.45, 7) is 53.0. The Morgan fingerprint density at radius 3 is 1.00 bits per heavy atom. The van der Waals surface area contributed by atoms with Crippen molar-refractivity contribution in [2.24, 2.45) is 67.0 Å². The van der Waals surface area contributed by atoms with Gasteiger partial charge in [0, 0.05) is 0 Å². The zero-order valence-corrected chi connectivity index (χ0v) is 60.4. The molecule has 0 aliphatic heterocycles. The molecule has 83 heavy (non-hydrogen) atoms. The molecule has 0 saturated heterocycles. The standard InChI is InChI=1S/C12H22.C11H22.C10H20.C9H17F.C8H15F.C8H16.C7H8.C7H16.C6H11F3/c1-11-5-9-12(10-6-11)7-3-2-4-8-12;1-9-6-10(2,3)8-11(4,5)7-9;1-9(2)5-7-10(3,4)8-6-9;1-8(2)4-6-9(3,10)7-5-8;1-7-3-5-8(2,9)6-4-7;1-8(2)6-4-3-5-7-8;1-7-5-3-2-4-6-7;1-5-7(3,4)6-2;1-3-4-5(2)6(7,8)9/h11H,2-10H2,1H3;9H,6-8H2,1-5H3;5-8H2,1-4H3;4-7H2,1-3H3;7H,3-6H2,1-2H3;3-7H2,1-2H3;2-6H,1H3;5-6H2,1-4H3;5H,3-4H2,1-2H3. The molecular weight excluding hydrogens is 1030 g/mol. The van der Waals surface area contributed by atoms with Crippen LogP contribution >= 0.6 is 0 Å². The van der Waals surface area contributed by atoms with Gasteiger partial charge in [-0.3, -0.25) is 0 Å². The lowest BCUT2D eigenvalue weighted by Crippen LogP contribution is -2.32. The minimum atomic E-state index is -3.99. The van der Waals surface area contributed by atoms with Gasteiger partial charge in [0.15, 0.2) is 0 Å². The second-order valence-corrected chi connectivity index (χ2v) is 35.2. The first-order valence-electron chi connectivity index (χ1n) is 35.2. The van der Waals surface area contributed by atoms with Crippen molar-refractivity contribution in [1.82, 2.24) is 0 Å². The summed E-state index contributed by atoms with van der Waals surface area (Å²) in [5, 5.41) is 0. The van der Waals surface area contributed by atoms with E-state index in [-0.39, 0.29) is 6.42 Å². The average molecular weight is 1180 g/mol. The molecule has 1 aromatic rings. The molecule has 0 nitrogen and oxygen atoms in total. The maximum atomic E-state index is 13.2. The lowest BCUT2D eigenvalue weighted by Gasteiger charge is -2.44. The van der Waals surface area contributed by atoms with Crippen LogP contribution in [0.2, 0.25) is 0 Å². The van der Waals surface area contributed by atoms with Crippen molar-refractivity contribution < 1.29 is 22.0 Å². The number of hydrogen-bond donors (Lipinski definition) is 0. The smallest absolute Gasteiger partial charge is 0.244 e. The zero-order valence-electron chi connectivity index (χ0n) is 60.4. The summed E-state index contributed by atoms with van der Waals surface area (Å²) in [5.74, 6) is 1.57. The van der Waals surface area contributed by atoms with Gasteiger partial charge in [-0.15, -0.1) is 0 Å². The van der Waals surface area contributed by atoms with Gasteiger partial charge in [-0.05, 0) is 223 Å². The van der Waals surface area contributed by atoms with E-state index in [1.165, 1.54) is 134 Å². The Kier molecular flexibility index (Phi) is 36.6. The molecular formula is C78H147F5. The molecule has 7 saturated carbocycles. The largest absolute Gasteiger partial charge is 0.391 e. The first-order chi connectivity index (χ1) is 37.7. The van der Waals surface area contributed by atoms with Crippen molar-refractivity contribution in [2.75, 3.05) is 0 Å². The second-order valence-electron chi connectivity index (χ2n) is 35.2. The third-order valence-electron chi connectivity index (χ3n) is 21.3. The highest BCUT2D eigenvalue weighted by Gasteiger charge is 2.38. The molecule has 1 atom stereocenters. The van der Waals surface area contributed by atoms with Crippen LogP contribution in [0.4, 0.5) is 22.0 Å². The topological polar surface area (TPSA) is 0 Å². The Hall–Kier alpha value is -1.13. The molecule has 1 unspecified atom stereocenters. The Labute approximate surface area is 518 Å². The highest BCUT2D eigenvalue weighted by molar-refractivity contribution is 5.11. The summed E-state index contributed by atoms with van der Waals surface area (Å²) >= 11 is 0. The van der Waals surface area contributed by atoms with E-state index in [0.717, 1.165) is 74.5 Å².